The molecule has 0 saturated carbocycles. The maximum absolute atomic E-state index is 12.9. The van der Waals surface area contributed by atoms with Crippen LogP contribution in [0.15, 0.2) is 36.4 Å². The zero-order valence-electron chi connectivity index (χ0n) is 17.3. The van der Waals surface area contributed by atoms with Crippen molar-refractivity contribution in [2.45, 2.75) is 46.5 Å². The van der Waals surface area contributed by atoms with Crippen molar-refractivity contribution in [3.63, 3.8) is 0 Å². The first-order chi connectivity index (χ1) is 13.1. The first-order valence-corrected chi connectivity index (χ1v) is 10.9. The van der Waals surface area contributed by atoms with Crippen molar-refractivity contribution in [3.8, 4) is 11.5 Å². The third kappa shape index (κ3) is 7.45. The fourth-order valence-electron chi connectivity index (χ4n) is 2.58. The SMILES string of the molecule is CCCCOc1ccc(PC(=O)c2c(C)cccc2Cl)c(OCCCC)c1.[Li+]. The van der Waals surface area contributed by atoms with Crippen LogP contribution in [0.5, 0.6) is 11.5 Å². The van der Waals surface area contributed by atoms with Gasteiger partial charge in [0.05, 0.1) is 18.2 Å². The summed E-state index contributed by atoms with van der Waals surface area (Å²) in [4.78, 5) is 12.9. The summed E-state index contributed by atoms with van der Waals surface area (Å²) in [6.45, 7) is 7.48. The number of aryl methyl sites for hydroxylation is 1. The van der Waals surface area contributed by atoms with Crippen LogP contribution >= 0.6 is 20.2 Å². The average Bonchev–Trinajstić information content (AvgIpc) is 2.64. The molecule has 0 saturated heterocycles. The van der Waals surface area contributed by atoms with Crippen LogP contribution in [0.2, 0.25) is 5.02 Å². The number of halogens is 1. The van der Waals surface area contributed by atoms with Crippen LogP contribution < -0.4 is 33.6 Å². The van der Waals surface area contributed by atoms with Gasteiger partial charge in [0.15, 0.2) is 5.52 Å². The first-order valence-electron chi connectivity index (χ1n) is 9.52. The smallest absolute Gasteiger partial charge is 0.493 e. The van der Waals surface area contributed by atoms with Crippen molar-refractivity contribution in [1.82, 2.24) is 0 Å². The van der Waals surface area contributed by atoms with E-state index in [1.807, 2.05) is 37.3 Å². The summed E-state index contributed by atoms with van der Waals surface area (Å²) in [5, 5.41) is 1.39. The molecule has 0 radical (unpaired) electrons. The number of unbranched alkanes of at least 4 members (excludes halogenated alkanes) is 2. The summed E-state index contributed by atoms with van der Waals surface area (Å²) in [6, 6.07) is 11.3. The number of ether oxygens (including phenoxy) is 2. The number of benzene rings is 2. The summed E-state index contributed by atoms with van der Waals surface area (Å²) in [7, 11) is -0.0459. The Hall–Kier alpha value is -0.973. The zero-order chi connectivity index (χ0) is 19.6. The molecule has 0 N–H and O–H groups in total. The van der Waals surface area contributed by atoms with Gasteiger partial charge in [-0.05, 0) is 52.1 Å². The quantitative estimate of drug-likeness (QED) is 0.322. The summed E-state index contributed by atoms with van der Waals surface area (Å²) in [5.74, 6) is 1.51. The molecule has 0 bridgehead atoms. The van der Waals surface area contributed by atoms with E-state index in [9.17, 15) is 4.79 Å². The molecule has 0 amide bonds. The topological polar surface area (TPSA) is 35.5 Å². The van der Waals surface area contributed by atoms with E-state index in [4.69, 9.17) is 21.1 Å². The number of hydrogen-bond donors (Lipinski definition) is 0. The Kier molecular flexibility index (Phi) is 11.9. The van der Waals surface area contributed by atoms with E-state index in [0.29, 0.717) is 23.8 Å². The Morgan fingerprint density at radius 2 is 1.71 bits per heavy atom. The first kappa shape index (κ1) is 25.1. The molecule has 0 aliphatic carbocycles. The van der Waals surface area contributed by atoms with Crippen LogP contribution in [-0.4, -0.2) is 18.7 Å². The molecule has 0 aliphatic heterocycles. The van der Waals surface area contributed by atoms with Gasteiger partial charge >= 0.3 is 18.9 Å². The summed E-state index contributed by atoms with van der Waals surface area (Å²) in [6.07, 6.45) is 4.13. The Morgan fingerprint density at radius 3 is 2.36 bits per heavy atom. The maximum Gasteiger partial charge on any atom is 1.00 e. The third-order valence-corrected chi connectivity index (χ3v) is 5.65. The largest absolute Gasteiger partial charge is 1.00 e. The minimum Gasteiger partial charge on any atom is -0.493 e. The van der Waals surface area contributed by atoms with Crippen molar-refractivity contribution in [2.75, 3.05) is 13.2 Å². The van der Waals surface area contributed by atoms with E-state index in [-0.39, 0.29) is 33.0 Å². The molecule has 0 fully saturated rings. The van der Waals surface area contributed by atoms with E-state index in [0.717, 1.165) is 48.1 Å². The molecular formula is C22H28ClLiO3P+. The van der Waals surface area contributed by atoms with Crippen LogP contribution in [0.25, 0.3) is 0 Å². The third-order valence-electron chi connectivity index (χ3n) is 4.17. The van der Waals surface area contributed by atoms with Gasteiger partial charge in [0.25, 0.3) is 0 Å². The standard InChI is InChI=1S/C22H28ClO3P.Li/c1-4-6-13-25-17-11-12-20(19(15-17)26-14-7-5-2)27-22(24)21-16(3)9-8-10-18(21)23;/h8-12,15,27H,4-7,13-14H2,1-3H3;/q;+1. The fraction of sp³-hybridized carbons (Fsp3) is 0.409. The molecular weight excluding hydrogens is 386 g/mol. The maximum atomic E-state index is 12.9. The van der Waals surface area contributed by atoms with Crippen LogP contribution in [-0.2, 0) is 0 Å². The second-order valence-corrected chi connectivity index (χ2v) is 8.10. The normalized spacial score (nSPS) is 10.7. The van der Waals surface area contributed by atoms with Gasteiger partial charge < -0.3 is 9.47 Å². The average molecular weight is 414 g/mol. The van der Waals surface area contributed by atoms with Gasteiger partial charge in [-0.15, -0.1) is 0 Å². The number of hydrogen-bond acceptors (Lipinski definition) is 3. The van der Waals surface area contributed by atoms with E-state index >= 15 is 0 Å². The number of carbonyl (C=O) groups is 1. The second kappa shape index (κ2) is 13.3. The molecule has 146 valence electrons. The second-order valence-electron chi connectivity index (χ2n) is 6.45. The molecule has 1 unspecified atom stereocenters. The minimum atomic E-state index is -0.0459. The van der Waals surface area contributed by atoms with Crippen molar-refractivity contribution < 1.29 is 33.1 Å². The Labute approximate surface area is 187 Å². The molecule has 0 aromatic heterocycles. The van der Waals surface area contributed by atoms with Gasteiger partial charge in [0, 0.05) is 16.9 Å². The molecule has 2 rings (SSSR count). The Balaban J connectivity index is 0.00000392. The van der Waals surface area contributed by atoms with Gasteiger partial charge in [0.2, 0.25) is 0 Å². The van der Waals surface area contributed by atoms with E-state index in [1.54, 1.807) is 6.07 Å². The van der Waals surface area contributed by atoms with Gasteiger partial charge in [0.1, 0.15) is 11.5 Å². The molecule has 3 nitrogen and oxygen atoms in total. The monoisotopic (exact) mass is 413 g/mol. The van der Waals surface area contributed by atoms with Crippen LogP contribution in [0.3, 0.4) is 0 Å². The van der Waals surface area contributed by atoms with Gasteiger partial charge in [-0.2, -0.15) is 0 Å². The Morgan fingerprint density at radius 1 is 1.04 bits per heavy atom. The molecule has 0 spiro atoms. The Bertz CT molecular complexity index is 747. The van der Waals surface area contributed by atoms with Crippen molar-refractivity contribution in [3.05, 3.63) is 52.5 Å². The molecule has 6 heteroatoms. The summed E-state index contributed by atoms with van der Waals surface area (Å²) in [5.41, 5.74) is 1.52. The summed E-state index contributed by atoms with van der Waals surface area (Å²) < 4.78 is 11.8. The predicted octanol–water partition coefficient (Wildman–Crippen LogP) is 3.15. The summed E-state index contributed by atoms with van der Waals surface area (Å²) >= 11 is 6.26. The van der Waals surface area contributed by atoms with Crippen LogP contribution in [0, 0.1) is 6.92 Å². The van der Waals surface area contributed by atoms with Gasteiger partial charge in [-0.25, -0.2) is 0 Å². The number of carbonyl (C=O) groups excluding carboxylic acids is 1. The van der Waals surface area contributed by atoms with Crippen LogP contribution in [0.4, 0.5) is 0 Å². The fourth-order valence-corrected chi connectivity index (χ4v) is 4.10. The molecule has 0 heterocycles. The van der Waals surface area contributed by atoms with Gasteiger partial charge in [-0.1, -0.05) is 50.4 Å². The van der Waals surface area contributed by atoms with Crippen molar-refractivity contribution in [2.24, 2.45) is 0 Å². The minimum absolute atomic E-state index is 0. The van der Waals surface area contributed by atoms with E-state index < -0.39 is 0 Å². The molecule has 28 heavy (non-hydrogen) atoms. The zero-order valence-corrected chi connectivity index (χ0v) is 19.1. The number of rotatable bonds is 11. The van der Waals surface area contributed by atoms with Crippen LogP contribution in [0.1, 0.15) is 55.5 Å². The molecule has 1 atom stereocenters. The molecule has 0 aliphatic rings. The van der Waals surface area contributed by atoms with Gasteiger partial charge in [-0.3, -0.25) is 4.79 Å². The van der Waals surface area contributed by atoms with E-state index in [2.05, 4.69) is 13.8 Å². The molecule has 2 aromatic carbocycles. The predicted molar refractivity (Wildman–Crippen MR) is 116 cm³/mol. The van der Waals surface area contributed by atoms with Crippen molar-refractivity contribution in [1.29, 1.82) is 0 Å². The molecule has 2 aromatic rings. The van der Waals surface area contributed by atoms with E-state index in [1.165, 1.54) is 0 Å². The van der Waals surface area contributed by atoms with Crippen molar-refractivity contribution >= 4 is 31.0 Å².